The van der Waals surface area contributed by atoms with E-state index in [1.54, 1.807) is 0 Å². The van der Waals surface area contributed by atoms with Crippen molar-refractivity contribution in [3.63, 3.8) is 0 Å². The zero-order valence-corrected chi connectivity index (χ0v) is 20.1. The van der Waals surface area contributed by atoms with Gasteiger partial charge in [0.2, 0.25) is 0 Å². The molecule has 0 fully saturated rings. The molecular formula is C33H24Si. The summed E-state index contributed by atoms with van der Waals surface area (Å²) in [6.07, 6.45) is 0. The molecule has 7 rings (SSSR count). The molecule has 0 nitrogen and oxygen atoms in total. The largest absolute Gasteiger partial charge is 0.181 e. The first-order valence-electron chi connectivity index (χ1n) is 12.0. The third kappa shape index (κ3) is 2.59. The van der Waals surface area contributed by atoms with E-state index in [2.05, 4.69) is 134 Å². The molecule has 0 amide bonds. The van der Waals surface area contributed by atoms with Crippen LogP contribution in [0.25, 0.3) is 32.7 Å². The molecule has 0 N–H and O–H groups in total. The van der Waals surface area contributed by atoms with Gasteiger partial charge < -0.3 is 0 Å². The van der Waals surface area contributed by atoms with Crippen LogP contribution < -0.4 is 20.7 Å². The SMILES string of the molecule is Cc1ccc2c(c1)-c1ccc3cc4ccccc4cc3c1[Si]2(c1ccccc1)c1ccccc1. The molecule has 1 aliphatic rings. The van der Waals surface area contributed by atoms with E-state index < -0.39 is 8.07 Å². The summed E-state index contributed by atoms with van der Waals surface area (Å²) in [6.45, 7) is 2.21. The molecule has 0 aromatic heterocycles. The topological polar surface area (TPSA) is 0 Å². The molecule has 0 radical (unpaired) electrons. The number of hydrogen-bond acceptors (Lipinski definition) is 0. The fourth-order valence-electron chi connectivity index (χ4n) is 6.13. The van der Waals surface area contributed by atoms with E-state index in [9.17, 15) is 0 Å². The minimum Gasteiger partial charge on any atom is -0.0623 e. The van der Waals surface area contributed by atoms with Crippen LogP contribution in [0.3, 0.4) is 0 Å². The molecule has 1 heteroatoms. The molecule has 0 aliphatic carbocycles. The second kappa shape index (κ2) is 7.28. The Morgan fingerprint density at radius 3 is 1.76 bits per heavy atom. The first-order chi connectivity index (χ1) is 16.8. The molecule has 0 unspecified atom stereocenters. The van der Waals surface area contributed by atoms with Gasteiger partial charge in [0.25, 0.3) is 0 Å². The smallest absolute Gasteiger partial charge is 0.0623 e. The predicted octanol–water partition coefficient (Wildman–Crippen LogP) is 5.66. The van der Waals surface area contributed by atoms with E-state index in [4.69, 9.17) is 0 Å². The van der Waals surface area contributed by atoms with Crippen molar-refractivity contribution in [3.05, 3.63) is 133 Å². The van der Waals surface area contributed by atoms with Gasteiger partial charge in [-0.05, 0) is 72.5 Å². The Kier molecular flexibility index (Phi) is 4.18. The molecule has 0 saturated carbocycles. The number of hydrogen-bond donors (Lipinski definition) is 0. The summed E-state index contributed by atoms with van der Waals surface area (Å²) in [4.78, 5) is 0. The maximum absolute atomic E-state index is 2.50. The number of aryl methyl sites for hydroxylation is 1. The summed E-state index contributed by atoms with van der Waals surface area (Å²) < 4.78 is 0. The van der Waals surface area contributed by atoms with Crippen molar-refractivity contribution in [1.82, 2.24) is 0 Å². The molecular weight excluding hydrogens is 424 g/mol. The molecule has 6 aromatic carbocycles. The Hall–Kier alpha value is -3.94. The first kappa shape index (κ1) is 19.5. The summed E-state index contributed by atoms with van der Waals surface area (Å²) in [5, 5.41) is 11.3. The standard InChI is InChI=1S/C33H24Si/c1-23-16-19-32-31(20-23)29-18-17-26-21-24-10-8-9-11-25(24)22-30(26)33(29)34(32,27-12-4-2-5-13-27)28-14-6-3-7-15-28/h2-22H,1H3. The van der Waals surface area contributed by atoms with Gasteiger partial charge in [-0.25, -0.2) is 0 Å². The van der Waals surface area contributed by atoms with Gasteiger partial charge in [-0.1, -0.05) is 121 Å². The Labute approximate surface area is 201 Å². The van der Waals surface area contributed by atoms with Crippen molar-refractivity contribution >= 4 is 50.4 Å². The van der Waals surface area contributed by atoms with Gasteiger partial charge in [0.1, 0.15) is 0 Å². The molecule has 0 spiro atoms. The van der Waals surface area contributed by atoms with Crippen molar-refractivity contribution in [1.29, 1.82) is 0 Å². The lowest BCUT2D eigenvalue weighted by Crippen LogP contribution is -2.73. The fraction of sp³-hybridized carbons (Fsp3) is 0.0303. The van der Waals surface area contributed by atoms with Crippen LogP contribution in [0, 0.1) is 6.92 Å². The van der Waals surface area contributed by atoms with Crippen LogP contribution in [0.1, 0.15) is 5.56 Å². The quantitative estimate of drug-likeness (QED) is 0.236. The minimum atomic E-state index is -2.50. The lowest BCUT2D eigenvalue weighted by molar-refractivity contribution is 1.49. The molecule has 1 heterocycles. The summed E-state index contributed by atoms with van der Waals surface area (Å²) in [7, 11) is -2.50. The fourth-order valence-corrected chi connectivity index (χ4v) is 11.5. The Morgan fingerprint density at radius 1 is 0.471 bits per heavy atom. The summed E-state index contributed by atoms with van der Waals surface area (Å²) in [5.41, 5.74) is 4.12. The van der Waals surface area contributed by atoms with Gasteiger partial charge in [-0.2, -0.15) is 0 Å². The second-order valence-electron chi connectivity index (χ2n) is 9.44. The van der Waals surface area contributed by atoms with E-state index in [0.29, 0.717) is 0 Å². The highest BCUT2D eigenvalue weighted by Gasteiger charge is 2.49. The van der Waals surface area contributed by atoms with Gasteiger partial charge in [0, 0.05) is 0 Å². The summed E-state index contributed by atoms with van der Waals surface area (Å²) in [5.74, 6) is 0. The van der Waals surface area contributed by atoms with Crippen molar-refractivity contribution in [2.75, 3.05) is 0 Å². The summed E-state index contributed by atoms with van der Waals surface area (Å²) in [6, 6.07) is 47.9. The molecule has 1 aliphatic heterocycles. The van der Waals surface area contributed by atoms with Crippen LogP contribution in [0.15, 0.2) is 127 Å². The minimum absolute atomic E-state index is 1.30. The Morgan fingerprint density at radius 2 is 1.09 bits per heavy atom. The van der Waals surface area contributed by atoms with E-state index in [1.807, 2.05) is 0 Å². The number of fused-ring (bicyclic) bond motifs is 6. The molecule has 0 saturated heterocycles. The van der Waals surface area contributed by atoms with Gasteiger partial charge in [0.15, 0.2) is 8.07 Å². The van der Waals surface area contributed by atoms with Crippen molar-refractivity contribution in [3.8, 4) is 11.1 Å². The highest BCUT2D eigenvalue weighted by molar-refractivity contribution is 7.23. The van der Waals surface area contributed by atoms with Crippen molar-refractivity contribution in [2.45, 2.75) is 6.92 Å². The molecule has 34 heavy (non-hydrogen) atoms. The molecule has 160 valence electrons. The molecule has 6 aromatic rings. The normalized spacial score (nSPS) is 13.7. The van der Waals surface area contributed by atoms with Gasteiger partial charge in [0.05, 0.1) is 0 Å². The average Bonchev–Trinajstić information content (AvgIpc) is 3.19. The molecule has 0 atom stereocenters. The van der Waals surface area contributed by atoms with Gasteiger partial charge >= 0.3 is 0 Å². The average molecular weight is 449 g/mol. The zero-order valence-electron chi connectivity index (χ0n) is 19.1. The van der Waals surface area contributed by atoms with Gasteiger partial charge in [-0.15, -0.1) is 0 Å². The van der Waals surface area contributed by atoms with Crippen LogP contribution >= 0.6 is 0 Å². The van der Waals surface area contributed by atoms with Crippen molar-refractivity contribution < 1.29 is 0 Å². The number of rotatable bonds is 2. The highest BCUT2D eigenvalue weighted by atomic mass is 28.3. The van der Waals surface area contributed by atoms with Crippen LogP contribution in [0.2, 0.25) is 0 Å². The van der Waals surface area contributed by atoms with Crippen LogP contribution in [0.4, 0.5) is 0 Å². The first-order valence-corrected chi connectivity index (χ1v) is 14.0. The summed E-state index contributed by atoms with van der Waals surface area (Å²) >= 11 is 0. The molecule has 0 bridgehead atoms. The highest BCUT2D eigenvalue weighted by Crippen LogP contribution is 2.34. The van der Waals surface area contributed by atoms with Gasteiger partial charge in [-0.3, -0.25) is 0 Å². The number of benzene rings is 6. The monoisotopic (exact) mass is 448 g/mol. The lowest BCUT2D eigenvalue weighted by Gasteiger charge is -2.32. The van der Waals surface area contributed by atoms with Crippen LogP contribution in [-0.4, -0.2) is 8.07 Å². The third-order valence-electron chi connectivity index (χ3n) is 7.54. The second-order valence-corrected chi connectivity index (χ2v) is 13.1. The predicted molar refractivity (Wildman–Crippen MR) is 149 cm³/mol. The third-order valence-corrected chi connectivity index (χ3v) is 12.5. The van der Waals surface area contributed by atoms with E-state index in [-0.39, 0.29) is 0 Å². The van der Waals surface area contributed by atoms with Crippen molar-refractivity contribution in [2.24, 2.45) is 0 Å². The van der Waals surface area contributed by atoms with Crippen LogP contribution in [0.5, 0.6) is 0 Å². The maximum Gasteiger partial charge on any atom is 0.181 e. The van der Waals surface area contributed by atoms with E-state index >= 15 is 0 Å². The lowest BCUT2D eigenvalue weighted by atomic mass is 9.98. The van der Waals surface area contributed by atoms with E-state index in [0.717, 1.165) is 0 Å². The Bertz CT molecular complexity index is 1660. The van der Waals surface area contributed by atoms with Crippen LogP contribution in [-0.2, 0) is 0 Å². The maximum atomic E-state index is 2.44. The Balaban J connectivity index is 1.73. The zero-order chi connectivity index (χ0) is 22.7. The van der Waals surface area contributed by atoms with E-state index in [1.165, 1.54) is 59.0 Å².